The van der Waals surface area contributed by atoms with E-state index in [4.69, 9.17) is 0 Å². The van der Waals surface area contributed by atoms with Crippen molar-refractivity contribution in [2.75, 3.05) is 18.5 Å². The molecular formula is C23H24FN5O3S2. The van der Waals surface area contributed by atoms with Crippen molar-refractivity contribution < 1.29 is 17.6 Å². The Labute approximate surface area is 201 Å². The lowest BCUT2D eigenvalue weighted by molar-refractivity contribution is 0.0985. The van der Waals surface area contributed by atoms with Crippen LogP contribution in [0.2, 0.25) is 0 Å². The van der Waals surface area contributed by atoms with E-state index in [1.807, 2.05) is 0 Å². The molecule has 0 aliphatic heterocycles. The Morgan fingerprint density at radius 3 is 2.50 bits per heavy atom. The summed E-state index contributed by atoms with van der Waals surface area (Å²) in [5, 5.41) is 4.53. The average molecular weight is 502 g/mol. The number of carbonyl (C=O) groups excluding carboxylic acids is 1. The number of sulfonamides is 1. The van der Waals surface area contributed by atoms with Crippen LogP contribution in [0.4, 0.5) is 9.52 Å². The van der Waals surface area contributed by atoms with Crippen molar-refractivity contribution in [2.24, 2.45) is 0 Å². The number of benzene rings is 2. The number of hydrogen-bond donors (Lipinski definition) is 0. The standard InChI is InChI=1S/C23H24FN5O3S2/c1-16(2)27(3)34(31,32)18-10-8-17(9-11-18)22(30)29(15-14-28-13-5-12-25-28)23-26-21-19(24)6-4-7-20(21)33-23/h4-13,16H,14-15H2,1-3H3. The summed E-state index contributed by atoms with van der Waals surface area (Å²) in [7, 11) is -2.15. The molecule has 0 bridgehead atoms. The molecule has 0 aliphatic rings. The van der Waals surface area contributed by atoms with Gasteiger partial charge in [0, 0.05) is 37.6 Å². The maximum Gasteiger partial charge on any atom is 0.260 e. The van der Waals surface area contributed by atoms with Crippen LogP contribution in [0.3, 0.4) is 0 Å². The molecule has 1 amide bonds. The molecule has 2 aromatic heterocycles. The van der Waals surface area contributed by atoms with Crippen LogP contribution in [0.15, 0.2) is 65.8 Å². The molecule has 0 atom stereocenters. The summed E-state index contributed by atoms with van der Waals surface area (Å²) in [6, 6.07) is 12.1. The molecule has 8 nitrogen and oxygen atoms in total. The second-order valence-electron chi connectivity index (χ2n) is 7.95. The number of halogens is 1. The first-order valence-corrected chi connectivity index (χ1v) is 12.9. The van der Waals surface area contributed by atoms with Crippen molar-refractivity contribution in [3.05, 3.63) is 72.3 Å². The largest absolute Gasteiger partial charge is 0.282 e. The molecule has 0 spiro atoms. The Kier molecular flexibility index (Phi) is 6.78. The molecule has 4 aromatic rings. The van der Waals surface area contributed by atoms with Crippen LogP contribution in [-0.4, -0.2) is 53.0 Å². The van der Waals surface area contributed by atoms with Crippen LogP contribution in [0.5, 0.6) is 0 Å². The third-order valence-electron chi connectivity index (χ3n) is 5.45. The van der Waals surface area contributed by atoms with E-state index in [-0.39, 0.29) is 28.9 Å². The highest BCUT2D eigenvalue weighted by molar-refractivity contribution is 7.89. The number of carbonyl (C=O) groups is 1. The smallest absolute Gasteiger partial charge is 0.260 e. The zero-order valence-corrected chi connectivity index (χ0v) is 20.6. The number of amides is 1. The van der Waals surface area contributed by atoms with Gasteiger partial charge in [-0.1, -0.05) is 17.4 Å². The monoisotopic (exact) mass is 501 g/mol. The Morgan fingerprint density at radius 1 is 1.15 bits per heavy atom. The number of fused-ring (bicyclic) bond motifs is 1. The molecule has 4 rings (SSSR count). The first-order valence-electron chi connectivity index (χ1n) is 10.6. The fraction of sp³-hybridized carbons (Fsp3) is 0.261. The van der Waals surface area contributed by atoms with Gasteiger partial charge in [0.1, 0.15) is 11.3 Å². The molecule has 34 heavy (non-hydrogen) atoms. The fourth-order valence-electron chi connectivity index (χ4n) is 3.31. The van der Waals surface area contributed by atoms with Crippen LogP contribution in [0, 0.1) is 5.82 Å². The van der Waals surface area contributed by atoms with Gasteiger partial charge in [-0.15, -0.1) is 0 Å². The van der Waals surface area contributed by atoms with Crippen molar-refractivity contribution in [3.8, 4) is 0 Å². The molecule has 0 N–H and O–H groups in total. The Morgan fingerprint density at radius 2 is 1.88 bits per heavy atom. The SMILES string of the molecule is CC(C)N(C)S(=O)(=O)c1ccc(C(=O)N(CCn2cccn2)c2nc3c(F)cccc3s2)cc1. The van der Waals surface area contributed by atoms with E-state index < -0.39 is 15.8 Å². The fourth-order valence-corrected chi connectivity index (χ4v) is 5.68. The van der Waals surface area contributed by atoms with Crippen molar-refractivity contribution in [3.63, 3.8) is 0 Å². The minimum atomic E-state index is -3.67. The van der Waals surface area contributed by atoms with E-state index in [0.717, 1.165) is 0 Å². The number of nitrogens with zero attached hydrogens (tertiary/aromatic N) is 5. The minimum absolute atomic E-state index is 0.102. The molecule has 11 heteroatoms. The van der Waals surface area contributed by atoms with Crippen LogP contribution >= 0.6 is 11.3 Å². The zero-order chi connectivity index (χ0) is 24.5. The van der Waals surface area contributed by atoms with Crippen molar-refractivity contribution in [2.45, 2.75) is 31.3 Å². The summed E-state index contributed by atoms with van der Waals surface area (Å²) in [6.07, 6.45) is 3.43. The van der Waals surface area contributed by atoms with Gasteiger partial charge in [-0.3, -0.25) is 14.4 Å². The summed E-state index contributed by atoms with van der Waals surface area (Å²) in [5.74, 6) is -0.823. The molecule has 2 heterocycles. The number of anilines is 1. The van der Waals surface area contributed by atoms with Gasteiger partial charge in [-0.25, -0.2) is 17.8 Å². The summed E-state index contributed by atoms with van der Waals surface area (Å²) >= 11 is 1.22. The lowest BCUT2D eigenvalue weighted by Gasteiger charge is -2.22. The van der Waals surface area contributed by atoms with E-state index in [0.29, 0.717) is 21.9 Å². The predicted octanol–water partition coefficient (Wildman–Crippen LogP) is 4.01. The molecule has 0 saturated heterocycles. The Balaban J connectivity index is 1.66. The molecule has 0 radical (unpaired) electrons. The van der Waals surface area contributed by atoms with Crippen LogP contribution in [-0.2, 0) is 16.6 Å². The molecule has 0 aliphatic carbocycles. The number of aromatic nitrogens is 3. The lowest BCUT2D eigenvalue weighted by Crippen LogP contribution is -2.34. The number of rotatable bonds is 8. The van der Waals surface area contributed by atoms with Crippen molar-refractivity contribution in [1.82, 2.24) is 19.1 Å². The summed E-state index contributed by atoms with van der Waals surface area (Å²) in [4.78, 5) is 19.4. The van der Waals surface area contributed by atoms with Gasteiger partial charge in [0.05, 0.1) is 16.1 Å². The Hall–Kier alpha value is -3.15. The number of thiazole rings is 1. The van der Waals surface area contributed by atoms with Crippen LogP contribution in [0.25, 0.3) is 10.2 Å². The second kappa shape index (κ2) is 9.61. The van der Waals surface area contributed by atoms with Gasteiger partial charge < -0.3 is 0 Å². The highest BCUT2D eigenvalue weighted by Crippen LogP contribution is 2.31. The maximum absolute atomic E-state index is 14.2. The first-order chi connectivity index (χ1) is 16.2. The number of para-hydroxylation sites is 1. The normalized spacial score (nSPS) is 12.1. The minimum Gasteiger partial charge on any atom is -0.282 e. The van der Waals surface area contributed by atoms with E-state index in [2.05, 4.69) is 10.1 Å². The average Bonchev–Trinajstić information content (AvgIpc) is 3.49. The van der Waals surface area contributed by atoms with Gasteiger partial charge in [0.15, 0.2) is 5.13 Å². The van der Waals surface area contributed by atoms with Crippen molar-refractivity contribution in [1.29, 1.82) is 0 Å². The zero-order valence-electron chi connectivity index (χ0n) is 18.9. The maximum atomic E-state index is 14.2. The third kappa shape index (κ3) is 4.72. The molecule has 0 unspecified atom stereocenters. The molecule has 0 fully saturated rings. The van der Waals surface area contributed by atoms with Gasteiger partial charge >= 0.3 is 0 Å². The molecule has 0 saturated carbocycles. The Bertz CT molecular complexity index is 1400. The number of hydrogen-bond acceptors (Lipinski definition) is 6. The quantitative estimate of drug-likeness (QED) is 0.364. The highest BCUT2D eigenvalue weighted by Gasteiger charge is 2.25. The van der Waals surface area contributed by atoms with E-state index in [9.17, 15) is 17.6 Å². The molecule has 178 valence electrons. The molecule has 2 aromatic carbocycles. The topological polar surface area (TPSA) is 88.4 Å². The lowest BCUT2D eigenvalue weighted by atomic mass is 10.2. The van der Waals surface area contributed by atoms with Crippen molar-refractivity contribution >= 4 is 42.6 Å². The van der Waals surface area contributed by atoms with E-state index >= 15 is 0 Å². The summed E-state index contributed by atoms with van der Waals surface area (Å²) < 4.78 is 43.3. The summed E-state index contributed by atoms with van der Waals surface area (Å²) in [6.45, 7) is 4.22. The van der Waals surface area contributed by atoms with E-state index in [1.54, 1.807) is 49.1 Å². The van der Waals surface area contributed by atoms with Crippen LogP contribution in [0.1, 0.15) is 24.2 Å². The van der Waals surface area contributed by atoms with Gasteiger partial charge in [-0.2, -0.15) is 9.40 Å². The van der Waals surface area contributed by atoms with Gasteiger partial charge in [-0.05, 0) is 56.3 Å². The second-order valence-corrected chi connectivity index (χ2v) is 11.0. The predicted molar refractivity (Wildman–Crippen MR) is 130 cm³/mol. The third-order valence-corrected chi connectivity index (χ3v) is 8.54. The summed E-state index contributed by atoms with van der Waals surface area (Å²) in [5.41, 5.74) is 0.504. The van der Waals surface area contributed by atoms with E-state index in [1.165, 1.54) is 57.9 Å². The van der Waals surface area contributed by atoms with Gasteiger partial charge in [0.2, 0.25) is 10.0 Å². The van der Waals surface area contributed by atoms with Gasteiger partial charge in [0.25, 0.3) is 5.91 Å². The first kappa shape index (κ1) is 24.0. The highest BCUT2D eigenvalue weighted by atomic mass is 32.2. The molecular weight excluding hydrogens is 477 g/mol. The van der Waals surface area contributed by atoms with Crippen LogP contribution < -0.4 is 4.90 Å².